The molecule has 1 unspecified atom stereocenters. The third-order valence-corrected chi connectivity index (χ3v) is 11.0. The summed E-state index contributed by atoms with van der Waals surface area (Å²) in [7, 11) is 4.06. The topological polar surface area (TPSA) is 90.5 Å². The van der Waals surface area contributed by atoms with Crippen molar-refractivity contribution in [2.24, 2.45) is 0 Å². The van der Waals surface area contributed by atoms with E-state index < -0.39 is 6.04 Å². The maximum Gasteiger partial charge on any atom is 0.242 e. The van der Waals surface area contributed by atoms with E-state index in [1.165, 1.54) is 167 Å². The summed E-state index contributed by atoms with van der Waals surface area (Å²) in [6.07, 6.45) is 43.6. The first-order valence-corrected chi connectivity index (χ1v) is 23.9. The number of carbonyl (C=O) groups excluding carboxylic acids is 3. The molecule has 0 fully saturated rings. The lowest BCUT2D eigenvalue weighted by Crippen LogP contribution is -2.47. The van der Waals surface area contributed by atoms with Crippen molar-refractivity contribution in [2.75, 3.05) is 33.7 Å². The molecule has 0 aliphatic rings. The average Bonchev–Trinajstić information content (AvgIpc) is 3.15. The molecule has 0 radical (unpaired) electrons. The summed E-state index contributed by atoms with van der Waals surface area (Å²) in [6.45, 7) is 6.70. The van der Waals surface area contributed by atoms with E-state index in [-0.39, 0.29) is 17.7 Å². The van der Waals surface area contributed by atoms with E-state index >= 15 is 0 Å². The highest BCUT2D eigenvalue weighted by atomic mass is 16.2. The fraction of sp³-hybridized carbons (Fsp3) is 0.936. The molecule has 1 atom stereocenters. The van der Waals surface area contributed by atoms with Crippen LogP contribution in [0.1, 0.15) is 245 Å². The predicted octanol–water partition coefficient (Wildman–Crippen LogP) is 12.3. The van der Waals surface area contributed by atoms with Gasteiger partial charge in [0, 0.05) is 25.9 Å². The van der Waals surface area contributed by atoms with Crippen LogP contribution in [0.15, 0.2) is 0 Å². The summed E-state index contributed by atoms with van der Waals surface area (Å²) in [5.41, 5.74) is 0. The zero-order valence-corrected chi connectivity index (χ0v) is 36.8. The summed E-state index contributed by atoms with van der Waals surface area (Å²) >= 11 is 0. The van der Waals surface area contributed by atoms with Gasteiger partial charge >= 0.3 is 0 Å². The number of rotatable bonds is 43. The van der Waals surface area contributed by atoms with Crippen LogP contribution < -0.4 is 16.0 Å². The average molecular weight is 763 g/mol. The van der Waals surface area contributed by atoms with E-state index in [2.05, 4.69) is 34.7 Å². The van der Waals surface area contributed by atoms with E-state index in [9.17, 15) is 14.4 Å². The Morgan fingerprint density at radius 2 is 0.759 bits per heavy atom. The second kappa shape index (κ2) is 42.5. The zero-order chi connectivity index (χ0) is 39.6. The van der Waals surface area contributed by atoms with Crippen molar-refractivity contribution in [3.05, 3.63) is 0 Å². The van der Waals surface area contributed by atoms with Gasteiger partial charge in [0.05, 0.1) is 0 Å². The molecule has 0 aromatic carbocycles. The van der Waals surface area contributed by atoms with Gasteiger partial charge in [0.1, 0.15) is 6.04 Å². The van der Waals surface area contributed by atoms with Gasteiger partial charge in [0.2, 0.25) is 17.7 Å². The third kappa shape index (κ3) is 40.0. The van der Waals surface area contributed by atoms with Gasteiger partial charge in [-0.05, 0) is 59.2 Å². The van der Waals surface area contributed by atoms with E-state index in [1.54, 1.807) is 0 Å². The molecule has 0 aromatic heterocycles. The van der Waals surface area contributed by atoms with Gasteiger partial charge in [-0.1, -0.05) is 194 Å². The summed E-state index contributed by atoms with van der Waals surface area (Å²) in [5.74, 6) is 0.0300. The molecule has 54 heavy (non-hydrogen) atoms. The number of hydrogen-bond acceptors (Lipinski definition) is 4. The van der Waals surface area contributed by atoms with E-state index in [4.69, 9.17) is 0 Å². The smallest absolute Gasteiger partial charge is 0.242 e. The highest BCUT2D eigenvalue weighted by Crippen LogP contribution is 2.15. The highest BCUT2D eigenvalue weighted by Gasteiger charge is 2.20. The fourth-order valence-electron chi connectivity index (χ4n) is 7.37. The van der Waals surface area contributed by atoms with Crippen molar-refractivity contribution in [1.82, 2.24) is 20.9 Å². The Hall–Kier alpha value is -1.63. The molecule has 0 aromatic rings. The van der Waals surface area contributed by atoms with Crippen molar-refractivity contribution in [3.63, 3.8) is 0 Å². The van der Waals surface area contributed by atoms with Crippen LogP contribution in [-0.2, 0) is 14.4 Å². The molecule has 320 valence electrons. The molecule has 0 heterocycles. The first-order valence-electron chi connectivity index (χ1n) is 23.9. The van der Waals surface area contributed by atoms with Crippen LogP contribution in [0.2, 0.25) is 0 Å². The minimum Gasteiger partial charge on any atom is -0.356 e. The van der Waals surface area contributed by atoms with Gasteiger partial charge in [-0.15, -0.1) is 0 Å². The largest absolute Gasteiger partial charge is 0.356 e. The fourth-order valence-corrected chi connectivity index (χ4v) is 7.37. The quantitative estimate of drug-likeness (QED) is 0.0540. The Bertz CT molecular complexity index is 821. The van der Waals surface area contributed by atoms with Crippen LogP contribution in [0.5, 0.6) is 0 Å². The maximum absolute atomic E-state index is 13.0. The lowest BCUT2D eigenvalue weighted by atomic mass is 10.0. The SMILES string of the molecule is CCCCCCCCCCCCCCCCCC(=O)NCCCCC(NC(=O)CCCCCCCCCCCCCCCCC)C(=O)NCCCN(C)C. The maximum atomic E-state index is 13.0. The Balaban J connectivity index is 4.03. The van der Waals surface area contributed by atoms with Crippen LogP contribution in [0.25, 0.3) is 0 Å². The Kier molecular flexibility index (Phi) is 41.2. The summed E-state index contributed by atoms with van der Waals surface area (Å²) in [6, 6.07) is -0.510. The Morgan fingerprint density at radius 1 is 0.407 bits per heavy atom. The molecule has 3 N–H and O–H groups in total. The summed E-state index contributed by atoms with van der Waals surface area (Å²) in [5, 5.41) is 9.14. The van der Waals surface area contributed by atoms with Crippen molar-refractivity contribution >= 4 is 17.7 Å². The minimum absolute atomic E-state index is 0.0186. The molecular formula is C47H94N4O3. The van der Waals surface area contributed by atoms with Crippen molar-refractivity contribution in [3.8, 4) is 0 Å². The summed E-state index contributed by atoms with van der Waals surface area (Å²) < 4.78 is 0. The second-order valence-corrected chi connectivity index (χ2v) is 16.8. The number of nitrogens with zero attached hydrogens (tertiary/aromatic N) is 1. The molecule has 0 saturated carbocycles. The monoisotopic (exact) mass is 763 g/mol. The van der Waals surface area contributed by atoms with Crippen LogP contribution in [0, 0.1) is 0 Å². The third-order valence-electron chi connectivity index (χ3n) is 11.0. The molecule has 0 aliphatic carbocycles. The minimum atomic E-state index is -0.510. The van der Waals surface area contributed by atoms with E-state index in [1.807, 2.05) is 14.1 Å². The summed E-state index contributed by atoms with van der Waals surface area (Å²) in [4.78, 5) is 40.3. The van der Waals surface area contributed by atoms with Gasteiger partial charge in [0.15, 0.2) is 0 Å². The molecule has 0 rings (SSSR count). The van der Waals surface area contributed by atoms with Gasteiger partial charge in [0.25, 0.3) is 0 Å². The Morgan fingerprint density at radius 3 is 1.15 bits per heavy atom. The number of amides is 3. The number of nitrogens with one attached hydrogen (secondary N) is 3. The van der Waals surface area contributed by atoms with Crippen LogP contribution in [0.4, 0.5) is 0 Å². The van der Waals surface area contributed by atoms with Crippen molar-refractivity contribution < 1.29 is 14.4 Å². The number of unbranched alkanes of at least 4 members (excludes halogenated alkanes) is 29. The van der Waals surface area contributed by atoms with Gasteiger partial charge in [-0.25, -0.2) is 0 Å². The van der Waals surface area contributed by atoms with Crippen molar-refractivity contribution in [2.45, 2.75) is 251 Å². The highest BCUT2D eigenvalue weighted by molar-refractivity contribution is 5.87. The van der Waals surface area contributed by atoms with Gasteiger partial charge < -0.3 is 20.9 Å². The lowest BCUT2D eigenvalue weighted by Gasteiger charge is -2.19. The van der Waals surface area contributed by atoms with E-state index in [0.717, 1.165) is 51.5 Å². The molecule has 7 heteroatoms. The molecular weight excluding hydrogens is 669 g/mol. The molecule has 0 spiro atoms. The standard InChI is InChI=1S/C47H94N4O3/c1-5-7-9-11-13-15-17-19-21-23-25-27-29-31-33-39-45(52)48-41-36-35-38-44(47(54)49-42-37-43-51(3)4)50-46(53)40-34-32-30-28-26-24-22-20-18-16-14-12-10-8-6-2/h44H,5-43H2,1-4H3,(H,48,52)(H,49,54)(H,50,53). The van der Waals surface area contributed by atoms with Gasteiger partial charge in [-0.2, -0.15) is 0 Å². The number of carbonyl (C=O) groups is 3. The second-order valence-electron chi connectivity index (χ2n) is 16.8. The lowest BCUT2D eigenvalue weighted by molar-refractivity contribution is -0.129. The van der Waals surface area contributed by atoms with E-state index in [0.29, 0.717) is 32.4 Å². The first kappa shape index (κ1) is 52.4. The molecule has 0 bridgehead atoms. The normalized spacial score (nSPS) is 11.9. The van der Waals surface area contributed by atoms with Crippen molar-refractivity contribution in [1.29, 1.82) is 0 Å². The van der Waals surface area contributed by atoms with Crippen LogP contribution in [-0.4, -0.2) is 62.4 Å². The first-order chi connectivity index (χ1) is 26.4. The van der Waals surface area contributed by atoms with Crippen LogP contribution in [0.3, 0.4) is 0 Å². The molecule has 3 amide bonds. The molecule has 0 aliphatic heterocycles. The number of hydrogen-bond donors (Lipinski definition) is 3. The Labute approximate surface area is 336 Å². The van der Waals surface area contributed by atoms with Gasteiger partial charge in [-0.3, -0.25) is 14.4 Å². The predicted molar refractivity (Wildman–Crippen MR) is 234 cm³/mol. The van der Waals surface area contributed by atoms with Crippen LogP contribution >= 0.6 is 0 Å². The molecule has 0 saturated heterocycles. The molecule has 7 nitrogen and oxygen atoms in total. The zero-order valence-electron chi connectivity index (χ0n) is 36.8.